The van der Waals surface area contributed by atoms with Crippen LogP contribution in [0.4, 0.5) is 0 Å². The summed E-state index contributed by atoms with van der Waals surface area (Å²) in [5, 5.41) is 0. The van der Waals surface area contributed by atoms with E-state index in [4.69, 9.17) is 9.47 Å². The highest BCUT2D eigenvalue weighted by atomic mass is 32.2. The van der Waals surface area contributed by atoms with Gasteiger partial charge in [0.1, 0.15) is 0 Å². The van der Waals surface area contributed by atoms with Crippen LogP contribution in [0.25, 0.3) is 0 Å². The quantitative estimate of drug-likeness (QED) is 0.743. The van der Waals surface area contributed by atoms with E-state index in [9.17, 15) is 4.21 Å². The first-order valence-corrected chi connectivity index (χ1v) is 9.13. The summed E-state index contributed by atoms with van der Waals surface area (Å²) < 4.78 is 24.4. The highest BCUT2D eigenvalue weighted by molar-refractivity contribution is 7.85. The minimum atomic E-state index is -1.04. The molecule has 1 aromatic rings. The maximum atomic E-state index is 12.5. The van der Waals surface area contributed by atoms with Crippen LogP contribution in [0, 0.1) is 6.92 Å². The average Bonchev–Trinajstić information content (AvgIpc) is 2.44. The molecule has 0 radical (unpaired) electrons. The SMILES string of the molecule is C=CCC[C@H]1C[C@@H](C[S@@](=O)c2ccc(C)cc2)OC(C)(C)O1. The van der Waals surface area contributed by atoms with Gasteiger partial charge in [0, 0.05) is 11.3 Å². The zero-order valence-corrected chi connectivity index (χ0v) is 14.5. The fourth-order valence-electron chi connectivity index (χ4n) is 2.76. The van der Waals surface area contributed by atoms with Gasteiger partial charge in [-0.15, -0.1) is 6.58 Å². The number of allylic oxidation sites excluding steroid dienone is 1. The van der Waals surface area contributed by atoms with Gasteiger partial charge in [-0.05, 0) is 45.7 Å². The Hall–Kier alpha value is -0.970. The molecule has 2 rings (SSSR count). The molecule has 3 atom stereocenters. The smallest absolute Gasteiger partial charge is 0.163 e. The second-order valence-corrected chi connectivity index (χ2v) is 7.80. The van der Waals surface area contributed by atoms with E-state index < -0.39 is 16.6 Å². The Morgan fingerprint density at radius 1 is 1.27 bits per heavy atom. The maximum Gasteiger partial charge on any atom is 0.163 e. The van der Waals surface area contributed by atoms with Gasteiger partial charge in [0.05, 0.1) is 28.8 Å². The van der Waals surface area contributed by atoms with Crippen LogP contribution in [-0.2, 0) is 20.3 Å². The van der Waals surface area contributed by atoms with Crippen LogP contribution >= 0.6 is 0 Å². The second-order valence-electron chi connectivity index (χ2n) is 6.31. The third-order valence-corrected chi connectivity index (χ3v) is 5.21. The van der Waals surface area contributed by atoms with Crippen molar-refractivity contribution in [2.75, 3.05) is 5.75 Å². The molecule has 1 saturated heterocycles. The molecule has 1 aliphatic rings. The molecule has 0 saturated carbocycles. The summed E-state index contributed by atoms with van der Waals surface area (Å²) in [5.74, 6) is -0.104. The molecule has 0 spiro atoms. The van der Waals surface area contributed by atoms with Gasteiger partial charge in [0.2, 0.25) is 0 Å². The summed E-state index contributed by atoms with van der Waals surface area (Å²) in [4.78, 5) is 0.862. The van der Waals surface area contributed by atoms with E-state index in [1.807, 2.05) is 51.1 Å². The number of ether oxygens (including phenoxy) is 2. The fourth-order valence-corrected chi connectivity index (χ4v) is 3.93. The largest absolute Gasteiger partial charge is 0.347 e. The summed E-state index contributed by atoms with van der Waals surface area (Å²) in [6.07, 6.45) is 4.65. The van der Waals surface area contributed by atoms with Gasteiger partial charge >= 0.3 is 0 Å². The Kier molecular flexibility index (Phi) is 5.95. The Balaban J connectivity index is 1.99. The lowest BCUT2D eigenvalue weighted by atomic mass is 10.0. The van der Waals surface area contributed by atoms with Crippen molar-refractivity contribution in [2.45, 2.75) is 62.9 Å². The van der Waals surface area contributed by atoms with Gasteiger partial charge < -0.3 is 9.47 Å². The number of aryl methyl sites for hydroxylation is 1. The van der Waals surface area contributed by atoms with Gasteiger partial charge in [0.15, 0.2) is 5.79 Å². The van der Waals surface area contributed by atoms with Gasteiger partial charge in [-0.1, -0.05) is 23.8 Å². The molecule has 1 fully saturated rings. The molecule has 1 aromatic carbocycles. The zero-order chi connectivity index (χ0) is 16.2. The Bertz CT molecular complexity index is 522. The minimum Gasteiger partial charge on any atom is -0.347 e. The molecule has 3 nitrogen and oxygen atoms in total. The third-order valence-electron chi connectivity index (χ3n) is 3.74. The lowest BCUT2D eigenvalue weighted by Crippen LogP contribution is -2.46. The van der Waals surface area contributed by atoms with Crippen LogP contribution in [0.1, 0.15) is 38.7 Å². The number of rotatable bonds is 6. The summed E-state index contributed by atoms with van der Waals surface area (Å²) in [6.45, 7) is 9.64. The van der Waals surface area contributed by atoms with E-state index in [-0.39, 0.29) is 12.2 Å². The van der Waals surface area contributed by atoms with Crippen LogP contribution in [0.15, 0.2) is 41.8 Å². The molecule has 0 unspecified atom stereocenters. The Morgan fingerprint density at radius 2 is 1.91 bits per heavy atom. The normalized spacial score (nSPS) is 25.6. The van der Waals surface area contributed by atoms with Crippen molar-refractivity contribution in [1.82, 2.24) is 0 Å². The van der Waals surface area contributed by atoms with Crippen LogP contribution in [0.3, 0.4) is 0 Å². The van der Waals surface area contributed by atoms with Gasteiger partial charge in [-0.3, -0.25) is 4.21 Å². The Morgan fingerprint density at radius 3 is 2.55 bits per heavy atom. The molecule has 0 aliphatic carbocycles. The van der Waals surface area contributed by atoms with Crippen molar-refractivity contribution >= 4 is 10.8 Å². The highest BCUT2D eigenvalue weighted by Gasteiger charge is 2.35. The second kappa shape index (κ2) is 7.53. The standard InChI is InChI=1S/C18H26O3S/c1-5-6-7-15-12-16(21-18(3,4)20-15)13-22(19)17-10-8-14(2)9-11-17/h5,8-11,15-16H,1,6-7,12-13H2,2-4H3/t15-,16-,22+/m0/s1. The minimum absolute atomic E-state index is 0.0410. The van der Waals surface area contributed by atoms with E-state index in [1.54, 1.807) is 0 Å². The molecule has 0 aromatic heterocycles. The van der Waals surface area contributed by atoms with E-state index in [2.05, 4.69) is 6.58 Å². The number of benzene rings is 1. The summed E-state index contributed by atoms with van der Waals surface area (Å²) >= 11 is 0. The number of hydrogen-bond acceptors (Lipinski definition) is 3. The molecule has 1 aliphatic heterocycles. The zero-order valence-electron chi connectivity index (χ0n) is 13.7. The summed E-state index contributed by atoms with van der Waals surface area (Å²) in [7, 11) is -1.04. The first-order valence-electron chi connectivity index (χ1n) is 7.81. The van der Waals surface area contributed by atoms with Gasteiger partial charge in [-0.2, -0.15) is 0 Å². The molecular formula is C18H26O3S. The van der Waals surface area contributed by atoms with Crippen LogP contribution in [0.2, 0.25) is 0 Å². The molecule has 22 heavy (non-hydrogen) atoms. The third kappa shape index (κ3) is 5.04. The van der Waals surface area contributed by atoms with Crippen molar-refractivity contribution in [1.29, 1.82) is 0 Å². The van der Waals surface area contributed by atoms with Crippen molar-refractivity contribution in [3.8, 4) is 0 Å². The molecule has 122 valence electrons. The first-order chi connectivity index (χ1) is 10.4. The predicted octanol–water partition coefficient (Wildman–Crippen LogP) is 3.98. The maximum absolute atomic E-state index is 12.5. The molecular weight excluding hydrogens is 296 g/mol. The molecule has 4 heteroatoms. The molecule has 1 heterocycles. The molecule has 0 bridgehead atoms. The summed E-state index contributed by atoms with van der Waals surface area (Å²) in [6, 6.07) is 7.86. The lowest BCUT2D eigenvalue weighted by Gasteiger charge is -2.40. The number of hydrogen-bond donors (Lipinski definition) is 0. The summed E-state index contributed by atoms with van der Waals surface area (Å²) in [5.41, 5.74) is 1.17. The van der Waals surface area contributed by atoms with E-state index in [0.717, 1.165) is 24.2 Å². The highest BCUT2D eigenvalue weighted by Crippen LogP contribution is 2.30. The monoisotopic (exact) mass is 322 g/mol. The molecule has 0 amide bonds. The van der Waals surface area contributed by atoms with E-state index in [1.165, 1.54) is 5.56 Å². The van der Waals surface area contributed by atoms with Crippen molar-refractivity contribution < 1.29 is 13.7 Å². The Labute approximate surface area is 136 Å². The van der Waals surface area contributed by atoms with E-state index in [0.29, 0.717) is 5.75 Å². The van der Waals surface area contributed by atoms with Crippen LogP contribution in [-0.4, -0.2) is 28.0 Å². The van der Waals surface area contributed by atoms with Crippen LogP contribution in [0.5, 0.6) is 0 Å². The van der Waals surface area contributed by atoms with Crippen molar-refractivity contribution in [3.05, 3.63) is 42.5 Å². The predicted molar refractivity (Wildman–Crippen MR) is 90.3 cm³/mol. The van der Waals surface area contributed by atoms with Crippen LogP contribution < -0.4 is 0 Å². The van der Waals surface area contributed by atoms with Crippen molar-refractivity contribution in [3.63, 3.8) is 0 Å². The van der Waals surface area contributed by atoms with Crippen molar-refractivity contribution in [2.24, 2.45) is 0 Å². The first kappa shape index (κ1) is 17.4. The fraction of sp³-hybridized carbons (Fsp3) is 0.556. The lowest BCUT2D eigenvalue weighted by molar-refractivity contribution is -0.295. The van der Waals surface area contributed by atoms with Gasteiger partial charge in [0.25, 0.3) is 0 Å². The average molecular weight is 322 g/mol. The molecule has 0 N–H and O–H groups in total. The van der Waals surface area contributed by atoms with Gasteiger partial charge in [-0.25, -0.2) is 0 Å². The topological polar surface area (TPSA) is 35.5 Å². The van der Waals surface area contributed by atoms with E-state index >= 15 is 0 Å².